The fourth-order valence-electron chi connectivity index (χ4n) is 0.981. The first-order chi connectivity index (χ1) is 7.22. The van der Waals surface area contributed by atoms with Crippen molar-refractivity contribution < 1.29 is 4.79 Å². The van der Waals surface area contributed by atoms with Crippen LogP contribution in [0.15, 0.2) is 24.3 Å². The molecule has 0 unspecified atom stereocenters. The largest absolute Gasteiger partial charge is 0.376 e. The fourth-order valence-corrected chi connectivity index (χ4v) is 1.52. The van der Waals surface area contributed by atoms with Crippen molar-refractivity contribution in [1.29, 1.82) is 5.26 Å². The van der Waals surface area contributed by atoms with Crippen molar-refractivity contribution in [2.24, 2.45) is 0 Å². The van der Waals surface area contributed by atoms with Gasteiger partial charge in [-0.25, -0.2) is 0 Å². The smallest absolute Gasteiger partial charge is 0.240 e. The Morgan fingerprint density at radius 1 is 1.53 bits per heavy atom. The second-order valence-corrected chi connectivity index (χ2v) is 4.04. The zero-order valence-electron chi connectivity index (χ0n) is 7.96. The maximum atomic E-state index is 11.1. The predicted octanol–water partition coefficient (Wildman–Crippen LogP) is 1.34. The van der Waals surface area contributed by atoms with Gasteiger partial charge in [0, 0.05) is 9.26 Å². The quantitative estimate of drug-likeness (QED) is 0.651. The predicted molar refractivity (Wildman–Crippen MR) is 66.3 cm³/mol. The topological polar surface area (TPSA) is 64.9 Å². The zero-order valence-corrected chi connectivity index (χ0v) is 10.1. The summed E-state index contributed by atoms with van der Waals surface area (Å²) in [4.78, 5) is 11.1. The Kier molecular flexibility index (Phi) is 4.90. The molecule has 2 N–H and O–H groups in total. The van der Waals surface area contributed by atoms with E-state index in [1.54, 1.807) is 0 Å². The van der Waals surface area contributed by atoms with Crippen molar-refractivity contribution in [3.63, 3.8) is 0 Å². The number of carbonyl (C=O) groups excluding carboxylic acids is 1. The highest BCUT2D eigenvalue weighted by Gasteiger charge is 1.99. The van der Waals surface area contributed by atoms with E-state index in [1.807, 2.05) is 30.3 Å². The van der Waals surface area contributed by atoms with Crippen LogP contribution in [-0.2, 0) is 4.79 Å². The molecule has 0 saturated heterocycles. The molecule has 0 heterocycles. The summed E-state index contributed by atoms with van der Waals surface area (Å²) in [7, 11) is 0. The minimum Gasteiger partial charge on any atom is -0.376 e. The molecular formula is C10H10IN3O. The van der Waals surface area contributed by atoms with E-state index in [2.05, 4.69) is 33.2 Å². The number of benzene rings is 1. The van der Waals surface area contributed by atoms with Crippen LogP contribution in [0.3, 0.4) is 0 Å². The summed E-state index contributed by atoms with van der Waals surface area (Å²) >= 11 is 2.20. The van der Waals surface area contributed by atoms with E-state index in [0.717, 1.165) is 9.26 Å². The molecule has 0 atom stereocenters. The first kappa shape index (κ1) is 11.8. The molecule has 0 saturated carbocycles. The van der Waals surface area contributed by atoms with E-state index >= 15 is 0 Å². The molecule has 1 aromatic rings. The first-order valence-electron chi connectivity index (χ1n) is 4.35. The third kappa shape index (κ3) is 4.65. The third-order valence-electron chi connectivity index (χ3n) is 1.64. The van der Waals surface area contributed by atoms with Gasteiger partial charge in [-0.15, -0.1) is 0 Å². The standard InChI is InChI=1S/C10H10IN3O/c11-8-2-1-3-9(6-8)14-7-10(15)13-5-4-12/h1-3,6,14H,5,7H2,(H,13,15). The number of rotatable bonds is 4. The van der Waals surface area contributed by atoms with E-state index in [4.69, 9.17) is 5.26 Å². The van der Waals surface area contributed by atoms with Crippen molar-refractivity contribution in [1.82, 2.24) is 5.32 Å². The van der Waals surface area contributed by atoms with Gasteiger partial charge < -0.3 is 10.6 Å². The minimum atomic E-state index is -0.185. The van der Waals surface area contributed by atoms with E-state index < -0.39 is 0 Å². The molecule has 4 nitrogen and oxygen atoms in total. The molecule has 0 aliphatic carbocycles. The number of halogens is 1. The monoisotopic (exact) mass is 315 g/mol. The lowest BCUT2D eigenvalue weighted by atomic mass is 10.3. The highest BCUT2D eigenvalue weighted by atomic mass is 127. The summed E-state index contributed by atoms with van der Waals surface area (Å²) in [5.41, 5.74) is 0.897. The highest BCUT2D eigenvalue weighted by molar-refractivity contribution is 14.1. The van der Waals surface area contributed by atoms with Crippen molar-refractivity contribution >= 4 is 34.2 Å². The average molecular weight is 315 g/mol. The summed E-state index contributed by atoms with van der Waals surface area (Å²) in [6.07, 6.45) is 0. The van der Waals surface area contributed by atoms with Crippen LogP contribution in [-0.4, -0.2) is 19.0 Å². The van der Waals surface area contributed by atoms with E-state index in [9.17, 15) is 4.79 Å². The number of nitrogens with one attached hydrogen (secondary N) is 2. The van der Waals surface area contributed by atoms with Gasteiger partial charge in [0.05, 0.1) is 12.6 Å². The van der Waals surface area contributed by atoms with Crippen LogP contribution in [0, 0.1) is 14.9 Å². The van der Waals surface area contributed by atoms with Crippen LogP contribution < -0.4 is 10.6 Å². The molecular weight excluding hydrogens is 305 g/mol. The van der Waals surface area contributed by atoms with E-state index in [1.165, 1.54) is 0 Å². The van der Waals surface area contributed by atoms with Gasteiger partial charge in [-0.05, 0) is 40.8 Å². The maximum Gasteiger partial charge on any atom is 0.240 e. The van der Waals surface area contributed by atoms with Crippen molar-refractivity contribution in [3.05, 3.63) is 27.8 Å². The molecule has 0 aromatic heterocycles. The Morgan fingerprint density at radius 3 is 3.00 bits per heavy atom. The summed E-state index contributed by atoms with van der Waals surface area (Å²) in [5, 5.41) is 13.7. The lowest BCUT2D eigenvalue weighted by Gasteiger charge is -2.05. The van der Waals surface area contributed by atoms with Crippen LogP contribution >= 0.6 is 22.6 Å². The summed E-state index contributed by atoms with van der Waals surface area (Å²) in [5.74, 6) is -0.185. The Hall–Kier alpha value is -1.29. The van der Waals surface area contributed by atoms with Gasteiger partial charge in [0.2, 0.25) is 5.91 Å². The number of nitrogens with zero attached hydrogens (tertiary/aromatic N) is 1. The molecule has 0 aliphatic rings. The van der Waals surface area contributed by atoms with Gasteiger partial charge in [0.25, 0.3) is 0 Å². The molecule has 1 aromatic carbocycles. The fraction of sp³-hybridized carbons (Fsp3) is 0.200. The molecule has 15 heavy (non-hydrogen) atoms. The van der Waals surface area contributed by atoms with Crippen LogP contribution in [0.25, 0.3) is 0 Å². The summed E-state index contributed by atoms with van der Waals surface area (Å²) < 4.78 is 1.11. The Bertz CT molecular complexity index is 386. The molecule has 0 radical (unpaired) electrons. The molecule has 78 valence electrons. The Labute approximate surface area is 102 Å². The highest BCUT2D eigenvalue weighted by Crippen LogP contribution is 2.11. The molecule has 1 rings (SSSR count). The van der Waals surface area contributed by atoms with Gasteiger partial charge in [0.15, 0.2) is 0 Å². The van der Waals surface area contributed by atoms with Gasteiger partial charge in [-0.1, -0.05) is 6.07 Å². The normalized spacial score (nSPS) is 9.07. The number of anilines is 1. The van der Waals surface area contributed by atoms with Gasteiger partial charge in [0.1, 0.15) is 6.54 Å². The zero-order chi connectivity index (χ0) is 11.1. The van der Waals surface area contributed by atoms with Crippen LogP contribution in [0.2, 0.25) is 0 Å². The van der Waals surface area contributed by atoms with E-state index in [0.29, 0.717) is 0 Å². The second kappa shape index (κ2) is 6.24. The Morgan fingerprint density at radius 2 is 2.33 bits per heavy atom. The molecule has 0 bridgehead atoms. The van der Waals surface area contributed by atoms with Gasteiger partial charge in [-0.2, -0.15) is 5.26 Å². The lowest BCUT2D eigenvalue weighted by Crippen LogP contribution is -2.29. The first-order valence-corrected chi connectivity index (χ1v) is 5.43. The third-order valence-corrected chi connectivity index (χ3v) is 2.31. The summed E-state index contributed by atoms with van der Waals surface area (Å²) in [6.45, 7) is 0.231. The lowest BCUT2D eigenvalue weighted by molar-refractivity contribution is -0.119. The molecule has 1 amide bonds. The number of nitriles is 1. The van der Waals surface area contributed by atoms with Crippen molar-refractivity contribution in [2.75, 3.05) is 18.4 Å². The number of carbonyl (C=O) groups is 1. The van der Waals surface area contributed by atoms with Crippen LogP contribution in [0.4, 0.5) is 5.69 Å². The molecule has 0 aliphatic heterocycles. The average Bonchev–Trinajstić information content (AvgIpc) is 2.23. The number of hydrogen-bond donors (Lipinski definition) is 2. The molecule has 5 heteroatoms. The van der Waals surface area contributed by atoms with Crippen LogP contribution in [0.5, 0.6) is 0 Å². The van der Waals surface area contributed by atoms with Crippen molar-refractivity contribution in [2.45, 2.75) is 0 Å². The van der Waals surface area contributed by atoms with Gasteiger partial charge in [-0.3, -0.25) is 4.79 Å². The number of hydrogen-bond acceptors (Lipinski definition) is 3. The maximum absolute atomic E-state index is 11.1. The number of amides is 1. The van der Waals surface area contributed by atoms with Crippen LogP contribution in [0.1, 0.15) is 0 Å². The minimum absolute atomic E-state index is 0.0484. The molecule has 0 fully saturated rings. The van der Waals surface area contributed by atoms with Crippen molar-refractivity contribution in [3.8, 4) is 6.07 Å². The SMILES string of the molecule is N#CCNC(=O)CNc1cccc(I)c1. The summed E-state index contributed by atoms with van der Waals surface area (Å²) in [6, 6.07) is 9.56. The molecule has 0 spiro atoms. The van der Waals surface area contributed by atoms with Gasteiger partial charge >= 0.3 is 0 Å². The Balaban J connectivity index is 2.37. The van der Waals surface area contributed by atoms with E-state index in [-0.39, 0.29) is 19.0 Å². The second-order valence-electron chi connectivity index (χ2n) is 2.80.